The number of likely N-dealkylation sites (N-methyl/N-ethyl adjacent to an activating group) is 1. The van der Waals surface area contributed by atoms with Crippen LogP contribution in [-0.2, 0) is 4.79 Å². The molecule has 0 saturated carbocycles. The molecule has 1 aliphatic heterocycles. The van der Waals surface area contributed by atoms with Gasteiger partial charge in [-0.3, -0.25) is 4.79 Å². The van der Waals surface area contributed by atoms with E-state index in [0.29, 0.717) is 5.75 Å². The number of nitrogens with two attached hydrogens (primary N) is 1. The van der Waals surface area contributed by atoms with Gasteiger partial charge in [-0.1, -0.05) is 6.07 Å². The summed E-state index contributed by atoms with van der Waals surface area (Å²) in [4.78, 5) is 13.3. The van der Waals surface area contributed by atoms with Gasteiger partial charge in [-0.15, -0.1) is 12.4 Å². The third-order valence-electron chi connectivity index (χ3n) is 2.54. The largest absolute Gasteiger partial charge is 0.489 e. The lowest BCUT2D eigenvalue weighted by Crippen LogP contribution is -2.43. The van der Waals surface area contributed by atoms with Gasteiger partial charge in [-0.05, 0) is 24.6 Å². The van der Waals surface area contributed by atoms with Crippen LogP contribution >= 0.6 is 12.4 Å². The maximum absolute atomic E-state index is 11.7. The van der Waals surface area contributed by atoms with Gasteiger partial charge >= 0.3 is 0 Å². The van der Waals surface area contributed by atoms with E-state index in [4.69, 9.17) is 10.5 Å². The minimum Gasteiger partial charge on any atom is -0.489 e. The van der Waals surface area contributed by atoms with Crippen LogP contribution < -0.4 is 15.4 Å². The summed E-state index contributed by atoms with van der Waals surface area (Å²) in [6, 6.07) is 5.16. The lowest BCUT2D eigenvalue weighted by molar-refractivity contribution is -0.119. The number of nitrogens with zero attached hydrogens (tertiary/aromatic N) is 1. The summed E-state index contributed by atoms with van der Waals surface area (Å²) < 4.78 is 5.47. The molecule has 0 bridgehead atoms. The molecule has 1 aromatic rings. The van der Waals surface area contributed by atoms with Crippen molar-refractivity contribution in [3.63, 3.8) is 0 Å². The molecule has 0 unspecified atom stereocenters. The monoisotopic (exact) mass is 242 g/mol. The maximum Gasteiger partial charge on any atom is 0.247 e. The molecule has 2 rings (SSSR count). The molecule has 1 aliphatic rings. The zero-order valence-electron chi connectivity index (χ0n) is 9.27. The van der Waals surface area contributed by atoms with Gasteiger partial charge in [0, 0.05) is 7.05 Å². The van der Waals surface area contributed by atoms with Gasteiger partial charge in [-0.2, -0.15) is 0 Å². The Balaban J connectivity index is 0.00000128. The van der Waals surface area contributed by atoms with Crippen LogP contribution in [0.2, 0.25) is 0 Å². The summed E-state index contributed by atoms with van der Waals surface area (Å²) in [5.74, 6) is 0.601. The third kappa shape index (κ3) is 2.13. The maximum atomic E-state index is 11.7. The average Bonchev–Trinajstić information content (AvgIpc) is 2.32. The minimum atomic E-state index is -0.581. The quantitative estimate of drug-likeness (QED) is 0.741. The van der Waals surface area contributed by atoms with Crippen molar-refractivity contribution >= 4 is 24.0 Å². The SMILES string of the molecule is Cc1ccc2c(c1)N(C)C(=O)[C@@H](N)CO2.Cl. The second-order valence-electron chi connectivity index (χ2n) is 3.79. The Hall–Kier alpha value is -1.26. The molecule has 0 saturated heterocycles. The Morgan fingerprint density at radius 3 is 2.88 bits per heavy atom. The van der Waals surface area contributed by atoms with Gasteiger partial charge < -0.3 is 15.4 Å². The summed E-state index contributed by atoms with van der Waals surface area (Å²) in [5.41, 5.74) is 7.55. The lowest BCUT2D eigenvalue weighted by atomic mass is 10.2. The molecule has 0 aromatic heterocycles. The van der Waals surface area contributed by atoms with Crippen LogP contribution in [0.4, 0.5) is 5.69 Å². The molecule has 16 heavy (non-hydrogen) atoms. The highest BCUT2D eigenvalue weighted by Crippen LogP contribution is 2.30. The van der Waals surface area contributed by atoms with E-state index in [-0.39, 0.29) is 24.9 Å². The molecule has 1 aromatic carbocycles. The van der Waals surface area contributed by atoms with Gasteiger partial charge in [0.15, 0.2) is 0 Å². The Bertz CT molecular complexity index is 409. The molecule has 4 nitrogen and oxygen atoms in total. The van der Waals surface area contributed by atoms with Gasteiger partial charge in [0.25, 0.3) is 0 Å². The lowest BCUT2D eigenvalue weighted by Gasteiger charge is -2.17. The van der Waals surface area contributed by atoms with Crippen molar-refractivity contribution in [1.82, 2.24) is 0 Å². The number of carbonyl (C=O) groups excluding carboxylic acids is 1. The summed E-state index contributed by atoms with van der Waals surface area (Å²) >= 11 is 0. The predicted octanol–water partition coefficient (Wildman–Crippen LogP) is 1.10. The summed E-state index contributed by atoms with van der Waals surface area (Å²) in [6.07, 6.45) is 0. The Kier molecular flexibility index (Phi) is 3.78. The number of hydrogen-bond donors (Lipinski definition) is 1. The number of ether oxygens (including phenoxy) is 1. The highest BCUT2D eigenvalue weighted by Gasteiger charge is 2.26. The number of aryl methyl sites for hydroxylation is 1. The fraction of sp³-hybridized carbons (Fsp3) is 0.364. The smallest absolute Gasteiger partial charge is 0.247 e. The zero-order valence-corrected chi connectivity index (χ0v) is 10.1. The van der Waals surface area contributed by atoms with E-state index < -0.39 is 6.04 Å². The van der Waals surface area contributed by atoms with Crippen molar-refractivity contribution in [1.29, 1.82) is 0 Å². The number of halogens is 1. The van der Waals surface area contributed by atoms with Crippen molar-refractivity contribution in [2.45, 2.75) is 13.0 Å². The fourth-order valence-corrected chi connectivity index (χ4v) is 1.63. The number of anilines is 1. The van der Waals surface area contributed by atoms with Gasteiger partial charge in [0.05, 0.1) is 5.69 Å². The molecule has 2 N–H and O–H groups in total. The standard InChI is InChI=1S/C11H14N2O2.ClH/c1-7-3-4-10-9(5-7)13(2)11(14)8(12)6-15-10;/h3-5,8H,6,12H2,1-2H3;1H/t8-;/m0./s1. The topological polar surface area (TPSA) is 55.6 Å². The second-order valence-corrected chi connectivity index (χ2v) is 3.79. The number of rotatable bonds is 0. The number of benzene rings is 1. The van der Waals surface area contributed by atoms with E-state index in [1.807, 2.05) is 25.1 Å². The van der Waals surface area contributed by atoms with E-state index >= 15 is 0 Å². The van der Waals surface area contributed by atoms with Gasteiger partial charge in [0.2, 0.25) is 5.91 Å². The minimum absolute atomic E-state index is 0. The molecule has 0 radical (unpaired) electrons. The molecule has 1 atom stereocenters. The molecule has 1 amide bonds. The fourth-order valence-electron chi connectivity index (χ4n) is 1.63. The number of hydrogen-bond acceptors (Lipinski definition) is 3. The van der Waals surface area contributed by atoms with E-state index in [2.05, 4.69) is 0 Å². The number of amides is 1. The highest BCUT2D eigenvalue weighted by molar-refractivity contribution is 5.98. The predicted molar refractivity (Wildman–Crippen MR) is 65.3 cm³/mol. The second kappa shape index (κ2) is 4.72. The van der Waals surface area contributed by atoms with Crippen LogP contribution in [0.1, 0.15) is 5.56 Å². The molecule has 0 fully saturated rings. The van der Waals surface area contributed by atoms with Gasteiger partial charge in [-0.25, -0.2) is 0 Å². The first-order valence-electron chi connectivity index (χ1n) is 4.86. The Labute approximate surface area is 101 Å². The number of carbonyl (C=O) groups is 1. The molecular weight excluding hydrogens is 228 g/mol. The average molecular weight is 243 g/mol. The molecule has 1 heterocycles. The molecule has 0 spiro atoms. The van der Waals surface area contributed by atoms with Gasteiger partial charge in [0.1, 0.15) is 18.4 Å². The summed E-state index contributed by atoms with van der Waals surface area (Å²) in [5, 5.41) is 0. The van der Waals surface area contributed by atoms with Crippen molar-refractivity contribution in [2.24, 2.45) is 5.73 Å². The first-order chi connectivity index (χ1) is 7.09. The summed E-state index contributed by atoms with van der Waals surface area (Å²) in [7, 11) is 1.72. The first kappa shape index (κ1) is 12.8. The highest BCUT2D eigenvalue weighted by atomic mass is 35.5. The summed E-state index contributed by atoms with van der Waals surface area (Å²) in [6.45, 7) is 2.21. The zero-order chi connectivity index (χ0) is 11.0. The molecule has 0 aliphatic carbocycles. The Morgan fingerprint density at radius 2 is 2.19 bits per heavy atom. The molecule has 5 heteroatoms. The molecular formula is C11H15ClN2O2. The number of fused-ring (bicyclic) bond motifs is 1. The van der Waals surface area contributed by atoms with Crippen molar-refractivity contribution in [2.75, 3.05) is 18.6 Å². The Morgan fingerprint density at radius 1 is 1.50 bits per heavy atom. The van der Waals surface area contributed by atoms with E-state index in [9.17, 15) is 4.79 Å². The van der Waals surface area contributed by atoms with Crippen molar-refractivity contribution in [3.8, 4) is 5.75 Å². The van der Waals surface area contributed by atoms with E-state index in [0.717, 1.165) is 11.3 Å². The van der Waals surface area contributed by atoms with Crippen LogP contribution in [0.25, 0.3) is 0 Å². The van der Waals surface area contributed by atoms with Crippen LogP contribution in [0.3, 0.4) is 0 Å². The van der Waals surface area contributed by atoms with E-state index in [1.54, 1.807) is 11.9 Å². The first-order valence-corrected chi connectivity index (χ1v) is 4.86. The normalized spacial score (nSPS) is 19.3. The van der Waals surface area contributed by atoms with E-state index in [1.165, 1.54) is 0 Å². The van der Waals surface area contributed by atoms with Crippen LogP contribution in [-0.4, -0.2) is 25.6 Å². The van der Waals surface area contributed by atoms with Crippen LogP contribution in [0, 0.1) is 6.92 Å². The van der Waals surface area contributed by atoms with Crippen LogP contribution in [0.15, 0.2) is 18.2 Å². The third-order valence-corrected chi connectivity index (χ3v) is 2.54. The van der Waals surface area contributed by atoms with Crippen molar-refractivity contribution < 1.29 is 9.53 Å². The molecule has 88 valence electrons. The van der Waals surface area contributed by atoms with Crippen molar-refractivity contribution in [3.05, 3.63) is 23.8 Å². The van der Waals surface area contributed by atoms with Crippen LogP contribution in [0.5, 0.6) is 5.75 Å².